The molecule has 0 aromatic heterocycles. The monoisotopic (exact) mass is 214 g/mol. The highest BCUT2D eigenvalue weighted by molar-refractivity contribution is 5.79. The van der Waals surface area contributed by atoms with Crippen molar-refractivity contribution in [2.45, 2.75) is 51.8 Å². The standard InChI is InChI=1S/C11H22N2O2/c1-7(8(2)12)10(14)13-11(4)5-6-15-9(11)3/h7-9H,5-6,12H2,1-4H3,(H,13,14). The van der Waals surface area contributed by atoms with Crippen LogP contribution in [0.5, 0.6) is 0 Å². The van der Waals surface area contributed by atoms with Gasteiger partial charge in [0.1, 0.15) is 0 Å². The molecule has 4 atom stereocenters. The van der Waals surface area contributed by atoms with Gasteiger partial charge in [0.25, 0.3) is 0 Å². The predicted octanol–water partition coefficient (Wildman–Crippen LogP) is 0.653. The van der Waals surface area contributed by atoms with Crippen LogP contribution < -0.4 is 11.1 Å². The number of carbonyl (C=O) groups excluding carboxylic acids is 1. The van der Waals surface area contributed by atoms with E-state index in [1.165, 1.54) is 0 Å². The van der Waals surface area contributed by atoms with Gasteiger partial charge in [-0.2, -0.15) is 0 Å². The quantitative estimate of drug-likeness (QED) is 0.725. The van der Waals surface area contributed by atoms with Gasteiger partial charge in [0.15, 0.2) is 0 Å². The highest BCUT2D eigenvalue weighted by atomic mass is 16.5. The molecule has 1 rings (SSSR count). The minimum Gasteiger partial charge on any atom is -0.376 e. The van der Waals surface area contributed by atoms with Gasteiger partial charge in [0.2, 0.25) is 5.91 Å². The lowest BCUT2D eigenvalue weighted by Crippen LogP contribution is -2.53. The lowest BCUT2D eigenvalue weighted by atomic mass is 9.93. The SMILES string of the molecule is CC(N)C(C)C(=O)NC1(C)CCOC1C. The lowest BCUT2D eigenvalue weighted by Gasteiger charge is -2.31. The number of hydrogen-bond donors (Lipinski definition) is 2. The van der Waals surface area contributed by atoms with Crippen molar-refractivity contribution < 1.29 is 9.53 Å². The first-order valence-corrected chi connectivity index (χ1v) is 5.56. The Balaban J connectivity index is 2.57. The predicted molar refractivity (Wildman–Crippen MR) is 59.4 cm³/mol. The second-order valence-electron chi connectivity index (χ2n) is 4.82. The molecular weight excluding hydrogens is 192 g/mol. The smallest absolute Gasteiger partial charge is 0.224 e. The summed E-state index contributed by atoms with van der Waals surface area (Å²) < 4.78 is 5.46. The summed E-state index contributed by atoms with van der Waals surface area (Å²) in [6.07, 6.45) is 0.938. The molecule has 0 radical (unpaired) electrons. The second kappa shape index (κ2) is 4.49. The van der Waals surface area contributed by atoms with Gasteiger partial charge in [-0.3, -0.25) is 4.79 Å². The Morgan fingerprint density at radius 2 is 2.20 bits per heavy atom. The molecule has 0 saturated carbocycles. The maximum atomic E-state index is 11.8. The number of hydrogen-bond acceptors (Lipinski definition) is 3. The van der Waals surface area contributed by atoms with Crippen LogP contribution in [-0.2, 0) is 9.53 Å². The summed E-state index contributed by atoms with van der Waals surface area (Å²) in [5.41, 5.74) is 5.46. The zero-order chi connectivity index (χ0) is 11.6. The fourth-order valence-electron chi connectivity index (χ4n) is 1.63. The molecule has 0 aromatic rings. The van der Waals surface area contributed by atoms with Crippen LogP contribution in [-0.4, -0.2) is 30.2 Å². The largest absolute Gasteiger partial charge is 0.376 e. The van der Waals surface area contributed by atoms with Crippen LogP contribution in [0.25, 0.3) is 0 Å². The molecule has 1 aliphatic heterocycles. The first-order chi connectivity index (χ1) is 6.87. The van der Waals surface area contributed by atoms with Crippen LogP contribution >= 0.6 is 0 Å². The molecular formula is C11H22N2O2. The third-order valence-electron chi connectivity index (χ3n) is 3.50. The second-order valence-corrected chi connectivity index (χ2v) is 4.82. The van der Waals surface area contributed by atoms with E-state index in [0.29, 0.717) is 6.61 Å². The number of amides is 1. The molecule has 88 valence electrons. The average molecular weight is 214 g/mol. The van der Waals surface area contributed by atoms with Gasteiger partial charge in [0.05, 0.1) is 11.6 Å². The summed E-state index contributed by atoms with van der Waals surface area (Å²) in [6.45, 7) is 8.43. The van der Waals surface area contributed by atoms with Crippen molar-refractivity contribution in [1.29, 1.82) is 0 Å². The van der Waals surface area contributed by atoms with Gasteiger partial charge < -0.3 is 15.8 Å². The number of nitrogens with one attached hydrogen (secondary N) is 1. The van der Waals surface area contributed by atoms with Crippen LogP contribution in [0, 0.1) is 5.92 Å². The van der Waals surface area contributed by atoms with Crippen molar-refractivity contribution >= 4 is 5.91 Å². The molecule has 15 heavy (non-hydrogen) atoms. The number of ether oxygens (including phenoxy) is 1. The van der Waals surface area contributed by atoms with Gasteiger partial charge in [-0.1, -0.05) is 6.92 Å². The van der Waals surface area contributed by atoms with Crippen LogP contribution in [0.2, 0.25) is 0 Å². The summed E-state index contributed by atoms with van der Waals surface area (Å²) in [7, 11) is 0. The third-order valence-corrected chi connectivity index (χ3v) is 3.50. The maximum Gasteiger partial charge on any atom is 0.224 e. The minimum absolute atomic E-state index is 0.0184. The maximum absolute atomic E-state index is 11.8. The molecule has 0 spiro atoms. The van der Waals surface area contributed by atoms with Crippen LogP contribution in [0.15, 0.2) is 0 Å². The van der Waals surface area contributed by atoms with E-state index in [2.05, 4.69) is 5.32 Å². The van der Waals surface area contributed by atoms with E-state index >= 15 is 0 Å². The van der Waals surface area contributed by atoms with Crippen LogP contribution in [0.3, 0.4) is 0 Å². The molecule has 1 aliphatic rings. The van der Waals surface area contributed by atoms with Crippen LogP contribution in [0.4, 0.5) is 0 Å². The highest BCUT2D eigenvalue weighted by Crippen LogP contribution is 2.25. The summed E-state index contributed by atoms with van der Waals surface area (Å²) in [6, 6.07) is -0.119. The van der Waals surface area contributed by atoms with E-state index < -0.39 is 0 Å². The first kappa shape index (κ1) is 12.5. The minimum atomic E-state index is -0.236. The Bertz CT molecular complexity index is 243. The molecule has 1 heterocycles. The Morgan fingerprint density at radius 1 is 1.60 bits per heavy atom. The van der Waals surface area contributed by atoms with Crippen molar-refractivity contribution in [3.8, 4) is 0 Å². The summed E-state index contributed by atoms with van der Waals surface area (Å²) in [5.74, 6) is -0.139. The van der Waals surface area contributed by atoms with Crippen molar-refractivity contribution in [2.24, 2.45) is 11.7 Å². The lowest BCUT2D eigenvalue weighted by molar-refractivity contribution is -0.127. The molecule has 1 fully saturated rings. The number of nitrogens with two attached hydrogens (primary N) is 1. The van der Waals surface area contributed by atoms with E-state index in [1.807, 2.05) is 27.7 Å². The van der Waals surface area contributed by atoms with E-state index in [9.17, 15) is 4.79 Å². The molecule has 1 saturated heterocycles. The van der Waals surface area contributed by atoms with Gasteiger partial charge >= 0.3 is 0 Å². The summed E-state index contributed by atoms with van der Waals surface area (Å²) in [4.78, 5) is 11.8. The van der Waals surface area contributed by atoms with Crippen molar-refractivity contribution in [3.05, 3.63) is 0 Å². The van der Waals surface area contributed by atoms with Gasteiger partial charge in [-0.25, -0.2) is 0 Å². The Kier molecular flexibility index (Phi) is 3.73. The van der Waals surface area contributed by atoms with Gasteiger partial charge in [0, 0.05) is 18.6 Å². The van der Waals surface area contributed by atoms with Crippen molar-refractivity contribution in [2.75, 3.05) is 6.61 Å². The molecule has 0 aliphatic carbocycles. The average Bonchev–Trinajstić information content (AvgIpc) is 2.45. The van der Waals surface area contributed by atoms with E-state index in [1.54, 1.807) is 0 Å². The normalized spacial score (nSPS) is 34.9. The first-order valence-electron chi connectivity index (χ1n) is 5.56. The number of rotatable bonds is 3. The van der Waals surface area contributed by atoms with Gasteiger partial charge in [-0.05, 0) is 27.2 Å². The topological polar surface area (TPSA) is 64.4 Å². The van der Waals surface area contributed by atoms with E-state index in [4.69, 9.17) is 10.5 Å². The molecule has 4 unspecified atom stereocenters. The number of carbonyl (C=O) groups is 1. The fraction of sp³-hybridized carbons (Fsp3) is 0.909. The Labute approximate surface area is 91.5 Å². The molecule has 0 aromatic carbocycles. The third kappa shape index (κ3) is 2.69. The molecule has 4 nitrogen and oxygen atoms in total. The highest BCUT2D eigenvalue weighted by Gasteiger charge is 2.39. The fourth-order valence-corrected chi connectivity index (χ4v) is 1.63. The van der Waals surface area contributed by atoms with Crippen LogP contribution in [0.1, 0.15) is 34.1 Å². The summed E-state index contributed by atoms with van der Waals surface area (Å²) >= 11 is 0. The van der Waals surface area contributed by atoms with E-state index in [-0.39, 0.29) is 29.5 Å². The zero-order valence-electron chi connectivity index (χ0n) is 10.0. The Hall–Kier alpha value is -0.610. The molecule has 4 heteroatoms. The van der Waals surface area contributed by atoms with E-state index in [0.717, 1.165) is 6.42 Å². The Morgan fingerprint density at radius 3 is 2.60 bits per heavy atom. The van der Waals surface area contributed by atoms with Gasteiger partial charge in [-0.15, -0.1) is 0 Å². The molecule has 1 amide bonds. The zero-order valence-corrected chi connectivity index (χ0v) is 10.0. The van der Waals surface area contributed by atoms with Crippen molar-refractivity contribution in [1.82, 2.24) is 5.32 Å². The molecule has 0 bridgehead atoms. The molecule has 3 N–H and O–H groups in total. The van der Waals surface area contributed by atoms with Crippen molar-refractivity contribution in [3.63, 3.8) is 0 Å². The summed E-state index contributed by atoms with van der Waals surface area (Å²) in [5, 5.41) is 3.04.